The van der Waals surface area contributed by atoms with Crippen LogP contribution in [0.25, 0.3) is 10.9 Å². The topological polar surface area (TPSA) is 39.3 Å². The third-order valence-corrected chi connectivity index (χ3v) is 6.15. The fraction of sp³-hybridized carbons (Fsp3) is 0.571. The van der Waals surface area contributed by atoms with Gasteiger partial charge in [0, 0.05) is 42.1 Å². The van der Waals surface area contributed by atoms with Crippen molar-refractivity contribution in [2.24, 2.45) is 0 Å². The molecule has 0 bridgehead atoms. The molecule has 0 radical (unpaired) electrons. The molecule has 2 aromatic rings. The molecular formula is C21H29N3O. The van der Waals surface area contributed by atoms with Crippen molar-refractivity contribution in [3.05, 3.63) is 36.0 Å². The van der Waals surface area contributed by atoms with Gasteiger partial charge in [-0.05, 0) is 63.7 Å². The summed E-state index contributed by atoms with van der Waals surface area (Å²) in [5, 5.41) is 1.29. The van der Waals surface area contributed by atoms with Gasteiger partial charge >= 0.3 is 0 Å². The summed E-state index contributed by atoms with van der Waals surface area (Å²) >= 11 is 0. The molecule has 0 unspecified atom stereocenters. The zero-order chi connectivity index (χ0) is 17.2. The van der Waals surface area contributed by atoms with Crippen LogP contribution in [0.4, 0.5) is 0 Å². The van der Waals surface area contributed by atoms with Crippen molar-refractivity contribution in [3.63, 3.8) is 0 Å². The van der Waals surface area contributed by atoms with Crippen LogP contribution in [0, 0.1) is 0 Å². The van der Waals surface area contributed by atoms with Gasteiger partial charge in [0.2, 0.25) is 5.91 Å². The van der Waals surface area contributed by atoms with Crippen molar-refractivity contribution in [2.45, 2.75) is 57.0 Å². The molecule has 2 aliphatic rings. The molecule has 0 aliphatic carbocycles. The molecule has 4 heteroatoms. The molecule has 4 nitrogen and oxygen atoms in total. The second-order valence-electron chi connectivity index (χ2n) is 7.70. The number of hydrogen-bond acceptors (Lipinski definition) is 2. The minimum atomic E-state index is 0.364. The molecule has 2 saturated heterocycles. The first-order valence-corrected chi connectivity index (χ1v) is 9.79. The fourth-order valence-electron chi connectivity index (χ4n) is 4.84. The average molecular weight is 339 g/mol. The number of aromatic nitrogens is 1. The number of benzene rings is 1. The summed E-state index contributed by atoms with van der Waals surface area (Å²) < 4.78 is 0. The third kappa shape index (κ3) is 3.32. The van der Waals surface area contributed by atoms with Gasteiger partial charge in [0.25, 0.3) is 0 Å². The number of para-hydroxylation sites is 1. The van der Waals surface area contributed by atoms with Crippen molar-refractivity contribution < 1.29 is 4.79 Å². The molecule has 2 aliphatic heterocycles. The first-order valence-electron chi connectivity index (χ1n) is 9.79. The van der Waals surface area contributed by atoms with E-state index in [0.29, 0.717) is 24.4 Å². The highest BCUT2D eigenvalue weighted by atomic mass is 16.2. The molecular weight excluding hydrogens is 310 g/mol. The molecule has 2 atom stereocenters. The number of nitrogens with zero attached hydrogens (tertiary/aromatic N) is 2. The second-order valence-corrected chi connectivity index (χ2v) is 7.70. The number of nitrogens with one attached hydrogen (secondary N) is 1. The maximum Gasteiger partial charge on any atom is 0.222 e. The van der Waals surface area contributed by atoms with Gasteiger partial charge in [-0.15, -0.1) is 0 Å². The number of carbonyl (C=O) groups excluding carboxylic acids is 1. The standard InChI is InChI=1S/C21H29N3O/c1-23-13-5-10-19(23)20-11-6-14-24(20)21(25)12-4-7-16-15-22-18-9-3-2-8-17(16)18/h2-3,8-9,15,19-20,22H,4-7,10-14H2,1H3/t19-,20-/m0/s1. The summed E-state index contributed by atoms with van der Waals surface area (Å²) in [5.41, 5.74) is 2.52. The molecule has 1 amide bonds. The van der Waals surface area contributed by atoms with E-state index in [1.54, 1.807) is 0 Å². The quantitative estimate of drug-likeness (QED) is 0.904. The average Bonchev–Trinajstić information content (AvgIpc) is 3.34. The molecule has 4 rings (SSSR count). The van der Waals surface area contributed by atoms with Gasteiger partial charge in [-0.25, -0.2) is 0 Å². The Morgan fingerprint density at radius 2 is 1.96 bits per heavy atom. The van der Waals surface area contributed by atoms with Crippen molar-refractivity contribution >= 4 is 16.8 Å². The van der Waals surface area contributed by atoms with Gasteiger partial charge < -0.3 is 14.8 Å². The Bertz CT molecular complexity index is 738. The SMILES string of the molecule is CN1CCC[C@H]1[C@@H]1CCCN1C(=O)CCCc1c[nH]c2ccccc12. The van der Waals surface area contributed by atoms with Gasteiger partial charge in [-0.1, -0.05) is 18.2 Å². The Morgan fingerprint density at radius 3 is 2.80 bits per heavy atom. The zero-order valence-corrected chi connectivity index (χ0v) is 15.2. The van der Waals surface area contributed by atoms with Crippen LogP contribution in [0.1, 0.15) is 44.1 Å². The minimum Gasteiger partial charge on any atom is -0.361 e. The molecule has 3 heterocycles. The van der Waals surface area contributed by atoms with Crippen LogP contribution < -0.4 is 0 Å². The third-order valence-electron chi connectivity index (χ3n) is 6.15. The lowest BCUT2D eigenvalue weighted by molar-refractivity contribution is -0.133. The Morgan fingerprint density at radius 1 is 1.16 bits per heavy atom. The molecule has 1 aromatic carbocycles. The lowest BCUT2D eigenvalue weighted by atomic mass is 10.0. The predicted octanol–water partition coefficient (Wildman–Crippen LogP) is 3.58. The van der Waals surface area contributed by atoms with Crippen molar-refractivity contribution in [2.75, 3.05) is 20.1 Å². The fourth-order valence-corrected chi connectivity index (χ4v) is 4.84. The summed E-state index contributed by atoms with van der Waals surface area (Å²) in [6, 6.07) is 9.44. The molecule has 0 saturated carbocycles. The summed E-state index contributed by atoms with van der Waals surface area (Å²) in [5.74, 6) is 0.364. The van der Waals surface area contributed by atoms with Crippen LogP contribution in [-0.4, -0.2) is 52.9 Å². The molecule has 0 spiro atoms. The number of H-pyrrole nitrogens is 1. The second kappa shape index (κ2) is 7.20. The van der Waals surface area contributed by atoms with E-state index in [9.17, 15) is 4.79 Å². The number of aromatic amines is 1. The minimum absolute atomic E-state index is 0.364. The highest BCUT2D eigenvalue weighted by Gasteiger charge is 2.37. The van der Waals surface area contributed by atoms with Gasteiger partial charge in [0.05, 0.1) is 0 Å². The first-order chi connectivity index (χ1) is 12.2. The predicted molar refractivity (Wildman–Crippen MR) is 102 cm³/mol. The summed E-state index contributed by atoms with van der Waals surface area (Å²) in [7, 11) is 2.22. The largest absolute Gasteiger partial charge is 0.361 e. The van der Waals surface area contributed by atoms with Gasteiger partial charge in [-0.3, -0.25) is 4.79 Å². The maximum absolute atomic E-state index is 12.8. The van der Waals surface area contributed by atoms with Crippen LogP contribution in [0.2, 0.25) is 0 Å². The molecule has 2 fully saturated rings. The normalized spacial score (nSPS) is 24.4. The van der Waals surface area contributed by atoms with Crippen LogP contribution >= 0.6 is 0 Å². The van der Waals surface area contributed by atoms with E-state index >= 15 is 0 Å². The monoisotopic (exact) mass is 339 g/mol. The molecule has 25 heavy (non-hydrogen) atoms. The highest BCUT2D eigenvalue weighted by molar-refractivity contribution is 5.83. The van der Waals surface area contributed by atoms with Gasteiger partial charge in [-0.2, -0.15) is 0 Å². The number of likely N-dealkylation sites (N-methyl/N-ethyl adjacent to an activating group) is 1. The van der Waals surface area contributed by atoms with Crippen molar-refractivity contribution in [1.29, 1.82) is 0 Å². The van der Waals surface area contributed by atoms with Crippen molar-refractivity contribution in [1.82, 2.24) is 14.8 Å². The summed E-state index contributed by atoms with van der Waals surface area (Å²) in [6.45, 7) is 2.14. The Labute approximate surface area is 150 Å². The number of hydrogen-bond donors (Lipinski definition) is 1. The van der Waals surface area contributed by atoms with E-state index < -0.39 is 0 Å². The van der Waals surface area contributed by atoms with E-state index in [1.165, 1.54) is 48.7 Å². The van der Waals surface area contributed by atoms with E-state index in [-0.39, 0.29) is 0 Å². The van der Waals surface area contributed by atoms with Crippen LogP contribution in [0.15, 0.2) is 30.5 Å². The number of aryl methyl sites for hydroxylation is 1. The zero-order valence-electron chi connectivity index (χ0n) is 15.2. The highest BCUT2D eigenvalue weighted by Crippen LogP contribution is 2.29. The van der Waals surface area contributed by atoms with Crippen LogP contribution in [0.5, 0.6) is 0 Å². The summed E-state index contributed by atoms with van der Waals surface area (Å²) in [4.78, 5) is 20.8. The van der Waals surface area contributed by atoms with E-state index in [4.69, 9.17) is 0 Å². The number of carbonyl (C=O) groups is 1. The number of amides is 1. The Kier molecular flexibility index (Phi) is 4.80. The maximum atomic E-state index is 12.8. The van der Waals surface area contributed by atoms with E-state index in [0.717, 1.165) is 19.4 Å². The van der Waals surface area contributed by atoms with Crippen LogP contribution in [-0.2, 0) is 11.2 Å². The number of likely N-dealkylation sites (tertiary alicyclic amines) is 2. The smallest absolute Gasteiger partial charge is 0.222 e. The van der Waals surface area contributed by atoms with E-state index in [1.807, 2.05) is 0 Å². The Balaban J connectivity index is 1.34. The van der Waals surface area contributed by atoms with Gasteiger partial charge in [0.1, 0.15) is 0 Å². The Hall–Kier alpha value is -1.81. The van der Waals surface area contributed by atoms with E-state index in [2.05, 4.69) is 52.3 Å². The number of rotatable bonds is 5. The molecule has 1 N–H and O–H groups in total. The number of fused-ring (bicyclic) bond motifs is 1. The van der Waals surface area contributed by atoms with Gasteiger partial charge in [0.15, 0.2) is 0 Å². The molecule has 134 valence electrons. The first kappa shape index (κ1) is 16.6. The lowest BCUT2D eigenvalue weighted by Gasteiger charge is -2.33. The molecule has 1 aromatic heterocycles. The van der Waals surface area contributed by atoms with Crippen molar-refractivity contribution in [3.8, 4) is 0 Å². The van der Waals surface area contributed by atoms with Crippen LogP contribution in [0.3, 0.4) is 0 Å². The lowest BCUT2D eigenvalue weighted by Crippen LogP contribution is -2.47. The summed E-state index contributed by atoms with van der Waals surface area (Å²) in [6.07, 6.45) is 9.56.